The highest BCUT2D eigenvalue weighted by molar-refractivity contribution is 6.74. The third-order valence-electron chi connectivity index (χ3n) is 9.57. The van der Waals surface area contributed by atoms with Crippen LogP contribution in [0.3, 0.4) is 0 Å². The first-order chi connectivity index (χ1) is 17.8. The first-order valence-corrected chi connectivity index (χ1v) is 21.7. The molecular formula is C32H67NO4Si2. The summed E-state index contributed by atoms with van der Waals surface area (Å²) in [6.45, 7) is 27.3. The van der Waals surface area contributed by atoms with Gasteiger partial charge >= 0.3 is 0 Å². The first-order valence-electron chi connectivity index (χ1n) is 15.9. The van der Waals surface area contributed by atoms with E-state index in [2.05, 4.69) is 99.0 Å². The van der Waals surface area contributed by atoms with Crippen molar-refractivity contribution in [1.82, 2.24) is 5.32 Å². The van der Waals surface area contributed by atoms with Crippen LogP contribution in [-0.4, -0.2) is 63.3 Å². The van der Waals surface area contributed by atoms with Crippen LogP contribution in [0.1, 0.15) is 120 Å². The summed E-state index contributed by atoms with van der Waals surface area (Å²) >= 11 is 0. The molecule has 1 aliphatic heterocycles. The minimum atomic E-state index is -1.77. The average Bonchev–Trinajstić information content (AvgIpc) is 3.20. The third kappa shape index (κ3) is 13.7. The fourth-order valence-electron chi connectivity index (χ4n) is 4.90. The van der Waals surface area contributed by atoms with Gasteiger partial charge in [0.15, 0.2) is 16.6 Å². The fraction of sp³-hybridized carbons (Fsp3) is 0.938. The summed E-state index contributed by atoms with van der Waals surface area (Å²) in [5.74, 6) is 0. The second-order valence-corrected chi connectivity index (χ2v) is 24.9. The molecule has 232 valence electrons. The van der Waals surface area contributed by atoms with Crippen LogP contribution in [0, 0.1) is 0 Å². The van der Waals surface area contributed by atoms with Gasteiger partial charge < -0.3 is 24.4 Å². The Morgan fingerprint density at radius 2 is 1.31 bits per heavy atom. The zero-order valence-electron chi connectivity index (χ0n) is 27.9. The van der Waals surface area contributed by atoms with E-state index in [1.165, 1.54) is 0 Å². The normalized spacial score (nSPS) is 22.8. The second-order valence-electron chi connectivity index (χ2n) is 15.4. The van der Waals surface area contributed by atoms with Crippen LogP contribution in [0.2, 0.25) is 36.3 Å². The number of nitrogens with one attached hydrogen (secondary N) is 1. The van der Waals surface area contributed by atoms with E-state index in [-0.39, 0.29) is 34.5 Å². The average molecular weight is 586 g/mol. The first kappa shape index (κ1) is 37.0. The molecule has 0 spiro atoms. The zero-order valence-corrected chi connectivity index (χ0v) is 29.9. The molecule has 3 N–H and O–H groups in total. The van der Waals surface area contributed by atoms with E-state index in [4.69, 9.17) is 8.85 Å². The van der Waals surface area contributed by atoms with Crippen molar-refractivity contribution >= 4 is 16.6 Å². The number of rotatable bonds is 17. The molecule has 0 amide bonds. The molecular weight excluding hydrogens is 519 g/mol. The standard InChI is InChI=1S/C32H67NO4Si2/c1-13-30(37-39(11,12)32(6,7)8)20-15-14-18-28(34)23-26-21-22-27(33-26)24-29(35)19-16-17-25(2)36-38(9,10)31(3,4)5/h15,20,25-30,33-35H,13-14,16-19,21-24H2,1-12H3/b20-15-/t25-,26+,27-,28+,29+,30+/m1/s1. The Morgan fingerprint density at radius 1 is 0.821 bits per heavy atom. The smallest absolute Gasteiger partial charge is 0.192 e. The largest absolute Gasteiger partial charge is 0.414 e. The molecule has 0 aromatic carbocycles. The molecule has 0 aliphatic carbocycles. The van der Waals surface area contributed by atoms with Gasteiger partial charge in [0.25, 0.3) is 0 Å². The lowest BCUT2D eigenvalue weighted by Crippen LogP contribution is -2.43. The Bertz CT molecular complexity index is 714. The predicted octanol–water partition coefficient (Wildman–Crippen LogP) is 8.33. The second kappa shape index (κ2) is 16.0. The van der Waals surface area contributed by atoms with Crippen molar-refractivity contribution in [2.45, 2.75) is 192 Å². The molecule has 0 unspecified atom stereocenters. The van der Waals surface area contributed by atoms with Gasteiger partial charge in [-0.1, -0.05) is 60.6 Å². The maximum absolute atomic E-state index is 10.6. The Balaban J connectivity index is 2.30. The minimum absolute atomic E-state index is 0.166. The topological polar surface area (TPSA) is 71.0 Å². The maximum Gasteiger partial charge on any atom is 0.192 e. The molecule has 6 atom stereocenters. The van der Waals surface area contributed by atoms with Crippen LogP contribution < -0.4 is 5.32 Å². The highest BCUT2D eigenvalue weighted by Gasteiger charge is 2.39. The van der Waals surface area contributed by atoms with Crippen molar-refractivity contribution in [2.24, 2.45) is 0 Å². The van der Waals surface area contributed by atoms with Gasteiger partial charge in [-0.05, 0) is 107 Å². The van der Waals surface area contributed by atoms with Crippen molar-refractivity contribution < 1.29 is 19.1 Å². The van der Waals surface area contributed by atoms with Crippen molar-refractivity contribution in [3.05, 3.63) is 12.2 Å². The van der Waals surface area contributed by atoms with Crippen molar-refractivity contribution in [2.75, 3.05) is 0 Å². The molecule has 1 aliphatic rings. The Morgan fingerprint density at radius 3 is 1.79 bits per heavy atom. The van der Waals surface area contributed by atoms with Gasteiger partial charge in [-0.3, -0.25) is 0 Å². The summed E-state index contributed by atoms with van der Waals surface area (Å²) in [7, 11) is -3.50. The van der Waals surface area contributed by atoms with Crippen LogP contribution in [-0.2, 0) is 8.85 Å². The van der Waals surface area contributed by atoms with E-state index < -0.39 is 16.6 Å². The van der Waals surface area contributed by atoms with Gasteiger partial charge in [0.05, 0.1) is 18.3 Å². The summed E-state index contributed by atoms with van der Waals surface area (Å²) in [6, 6.07) is 0.709. The van der Waals surface area contributed by atoms with E-state index in [0.717, 1.165) is 64.2 Å². The van der Waals surface area contributed by atoms with E-state index in [0.29, 0.717) is 12.1 Å². The SMILES string of the molecule is CC[C@@H](/C=C\CC[C@H](O)C[C@@H]1CC[C@H](C[C@@H](O)CCC[C@@H](C)O[Si](C)(C)C(C)(C)C)N1)O[Si](C)(C)C(C)(C)C. The lowest BCUT2D eigenvalue weighted by atomic mass is 10.0. The molecule has 1 saturated heterocycles. The number of aliphatic hydroxyl groups is 2. The van der Waals surface area contributed by atoms with Gasteiger partial charge in [0, 0.05) is 18.2 Å². The fourth-order valence-corrected chi connectivity index (χ4v) is 7.73. The number of allylic oxidation sites excluding steroid dienone is 1. The summed E-state index contributed by atoms with van der Waals surface area (Å²) in [4.78, 5) is 0. The third-order valence-corrected chi connectivity index (χ3v) is 18.7. The van der Waals surface area contributed by atoms with E-state index in [1.54, 1.807) is 0 Å². The van der Waals surface area contributed by atoms with Gasteiger partial charge in [-0.15, -0.1) is 0 Å². The molecule has 1 heterocycles. The van der Waals surface area contributed by atoms with Crippen LogP contribution in [0.25, 0.3) is 0 Å². The van der Waals surface area contributed by atoms with Crippen molar-refractivity contribution in [1.29, 1.82) is 0 Å². The van der Waals surface area contributed by atoms with E-state index in [1.807, 2.05) is 0 Å². The van der Waals surface area contributed by atoms with Gasteiger partial charge in [0.2, 0.25) is 0 Å². The maximum atomic E-state index is 10.6. The summed E-state index contributed by atoms with van der Waals surface area (Å²) in [5.41, 5.74) is 0. The summed E-state index contributed by atoms with van der Waals surface area (Å²) in [5, 5.41) is 25.4. The molecule has 1 fully saturated rings. The van der Waals surface area contributed by atoms with E-state index in [9.17, 15) is 10.2 Å². The predicted molar refractivity (Wildman–Crippen MR) is 174 cm³/mol. The molecule has 0 saturated carbocycles. The number of aliphatic hydroxyl groups excluding tert-OH is 2. The molecule has 7 heteroatoms. The van der Waals surface area contributed by atoms with Crippen LogP contribution in [0.4, 0.5) is 0 Å². The van der Waals surface area contributed by atoms with Crippen LogP contribution >= 0.6 is 0 Å². The summed E-state index contributed by atoms with van der Waals surface area (Å²) < 4.78 is 13.0. The Kier molecular flexibility index (Phi) is 15.2. The molecule has 0 aromatic heterocycles. The quantitative estimate of drug-likeness (QED) is 0.118. The Labute approximate surface area is 245 Å². The van der Waals surface area contributed by atoms with Crippen LogP contribution in [0.5, 0.6) is 0 Å². The lowest BCUT2D eigenvalue weighted by Gasteiger charge is -2.38. The van der Waals surface area contributed by atoms with Gasteiger partial charge in [0.1, 0.15) is 0 Å². The highest BCUT2D eigenvalue weighted by Crippen LogP contribution is 2.38. The van der Waals surface area contributed by atoms with Crippen LogP contribution in [0.15, 0.2) is 12.2 Å². The lowest BCUT2D eigenvalue weighted by molar-refractivity contribution is 0.125. The van der Waals surface area contributed by atoms with Crippen molar-refractivity contribution in [3.8, 4) is 0 Å². The number of hydrogen-bond acceptors (Lipinski definition) is 5. The number of hydrogen-bond donors (Lipinski definition) is 3. The molecule has 0 bridgehead atoms. The molecule has 0 aromatic rings. The molecule has 1 rings (SSSR count). The highest BCUT2D eigenvalue weighted by atomic mass is 28.4. The summed E-state index contributed by atoms with van der Waals surface area (Å²) in [6.07, 6.45) is 13.5. The molecule has 0 radical (unpaired) electrons. The zero-order chi connectivity index (χ0) is 30.1. The van der Waals surface area contributed by atoms with Gasteiger partial charge in [-0.25, -0.2) is 0 Å². The van der Waals surface area contributed by atoms with Crippen molar-refractivity contribution in [3.63, 3.8) is 0 Å². The molecule has 5 nitrogen and oxygen atoms in total. The minimum Gasteiger partial charge on any atom is -0.414 e. The van der Waals surface area contributed by atoms with Gasteiger partial charge in [-0.2, -0.15) is 0 Å². The molecule has 39 heavy (non-hydrogen) atoms. The monoisotopic (exact) mass is 585 g/mol. The van der Waals surface area contributed by atoms with E-state index >= 15 is 0 Å². The Hall–Kier alpha value is -0.0262.